The van der Waals surface area contributed by atoms with Crippen molar-refractivity contribution < 1.29 is 18.8 Å². The van der Waals surface area contributed by atoms with Crippen molar-refractivity contribution in [3.8, 4) is 0 Å². The highest BCUT2D eigenvalue weighted by Crippen LogP contribution is 2.41. The Morgan fingerprint density at radius 1 is 1.52 bits per heavy atom. The van der Waals surface area contributed by atoms with Gasteiger partial charge in [0.25, 0.3) is 0 Å². The fourth-order valence-corrected chi connectivity index (χ4v) is 3.55. The predicted molar refractivity (Wildman–Crippen MR) is 79.7 cm³/mol. The van der Waals surface area contributed by atoms with Crippen molar-refractivity contribution in [3.63, 3.8) is 0 Å². The second-order valence-corrected chi connectivity index (χ2v) is 8.40. The molecule has 1 aliphatic rings. The van der Waals surface area contributed by atoms with E-state index in [2.05, 4.69) is 4.72 Å². The minimum atomic E-state index is -1.43. The number of carbonyl (C=O) groups is 1. The Hall–Kier alpha value is -1.11. The highest BCUT2D eigenvalue weighted by molar-refractivity contribution is 7.90. The van der Waals surface area contributed by atoms with Crippen LogP contribution < -0.4 is 4.72 Å². The monoisotopic (exact) mass is 313 g/mol. The SMILES string of the molecule is CC(C)(C)[S@@+]([O-])N[C@]1(CC(=O)O)CCc2ccc(F)cc21. The van der Waals surface area contributed by atoms with Crippen molar-refractivity contribution in [2.75, 3.05) is 0 Å². The van der Waals surface area contributed by atoms with Gasteiger partial charge in [0.2, 0.25) is 0 Å². The number of hydrogen-bond donors (Lipinski definition) is 2. The van der Waals surface area contributed by atoms with Gasteiger partial charge in [0, 0.05) is 11.4 Å². The van der Waals surface area contributed by atoms with Gasteiger partial charge in [-0.1, -0.05) is 6.07 Å². The molecule has 1 aliphatic carbocycles. The van der Waals surface area contributed by atoms with Gasteiger partial charge in [-0.15, -0.1) is 4.72 Å². The summed E-state index contributed by atoms with van der Waals surface area (Å²) in [5, 5.41) is 9.22. The van der Waals surface area contributed by atoms with Crippen molar-refractivity contribution in [3.05, 3.63) is 35.1 Å². The Labute approximate surface area is 127 Å². The molecule has 1 aromatic carbocycles. The summed E-state index contributed by atoms with van der Waals surface area (Å²) in [5.41, 5.74) is 0.556. The standard InChI is InChI=1S/C15H20FNO3S/c1-14(2,3)21(20)17-15(9-13(18)19)7-6-10-4-5-11(16)8-12(10)15/h4-5,8,17H,6-7,9H2,1-3H3,(H,18,19)/t15-,21+/m0/s1. The van der Waals surface area contributed by atoms with Crippen molar-refractivity contribution in [2.45, 2.75) is 50.3 Å². The molecule has 2 atom stereocenters. The van der Waals surface area contributed by atoms with Crippen LogP contribution in [-0.2, 0) is 28.1 Å². The number of hydrogen-bond acceptors (Lipinski definition) is 3. The zero-order chi connectivity index (χ0) is 15.8. The molecule has 0 amide bonds. The van der Waals surface area contributed by atoms with Crippen LogP contribution in [0.4, 0.5) is 4.39 Å². The molecule has 2 N–H and O–H groups in total. The van der Waals surface area contributed by atoms with Crippen molar-refractivity contribution in [2.24, 2.45) is 0 Å². The summed E-state index contributed by atoms with van der Waals surface area (Å²) in [6, 6.07) is 4.41. The van der Waals surface area contributed by atoms with E-state index in [1.54, 1.807) is 6.07 Å². The van der Waals surface area contributed by atoms with Gasteiger partial charge in [0.15, 0.2) is 0 Å². The fourth-order valence-electron chi connectivity index (χ4n) is 2.61. The van der Waals surface area contributed by atoms with E-state index in [0.717, 1.165) is 5.56 Å². The number of aryl methyl sites for hydroxylation is 1. The zero-order valence-corrected chi connectivity index (χ0v) is 13.2. The molecule has 0 spiro atoms. The van der Waals surface area contributed by atoms with E-state index < -0.39 is 33.4 Å². The summed E-state index contributed by atoms with van der Waals surface area (Å²) in [5.74, 6) is -1.40. The van der Waals surface area contributed by atoms with Gasteiger partial charge >= 0.3 is 5.97 Å². The van der Waals surface area contributed by atoms with Gasteiger partial charge in [-0.25, -0.2) is 4.39 Å². The molecule has 0 bridgehead atoms. The fraction of sp³-hybridized carbons (Fsp3) is 0.533. The third kappa shape index (κ3) is 3.39. The van der Waals surface area contributed by atoms with E-state index >= 15 is 0 Å². The highest BCUT2D eigenvalue weighted by Gasteiger charge is 2.46. The molecule has 2 rings (SSSR count). The summed E-state index contributed by atoms with van der Waals surface area (Å²) >= 11 is -1.43. The van der Waals surface area contributed by atoms with Crippen LogP contribution in [0.3, 0.4) is 0 Å². The number of benzene rings is 1. The van der Waals surface area contributed by atoms with Crippen LogP contribution in [0.1, 0.15) is 44.7 Å². The highest BCUT2D eigenvalue weighted by atomic mass is 32.2. The van der Waals surface area contributed by atoms with Gasteiger partial charge in [0.05, 0.1) is 12.0 Å². The van der Waals surface area contributed by atoms with Crippen LogP contribution in [-0.4, -0.2) is 20.4 Å². The Kier molecular flexibility index (Phi) is 4.33. The second kappa shape index (κ2) is 5.59. The molecule has 6 heteroatoms. The maximum Gasteiger partial charge on any atom is 0.305 e. The first-order chi connectivity index (χ1) is 9.64. The van der Waals surface area contributed by atoms with Crippen LogP contribution in [0.15, 0.2) is 18.2 Å². The van der Waals surface area contributed by atoms with Crippen molar-refractivity contribution in [1.29, 1.82) is 0 Å². The molecule has 0 saturated heterocycles. The summed E-state index contributed by atoms with van der Waals surface area (Å²) < 4.78 is 28.4. The van der Waals surface area contributed by atoms with E-state index in [-0.39, 0.29) is 6.42 Å². The number of carboxylic acid groups (broad SMARTS) is 1. The topological polar surface area (TPSA) is 72.4 Å². The lowest BCUT2D eigenvalue weighted by Crippen LogP contribution is -2.51. The van der Waals surface area contributed by atoms with Crippen molar-refractivity contribution in [1.82, 2.24) is 4.72 Å². The predicted octanol–water partition coefficient (Wildman–Crippen LogP) is 2.49. The summed E-state index contributed by atoms with van der Waals surface area (Å²) in [6.07, 6.45) is 0.933. The van der Waals surface area contributed by atoms with Crippen molar-refractivity contribution >= 4 is 17.3 Å². The smallest absolute Gasteiger partial charge is 0.305 e. The normalized spacial score (nSPS) is 22.9. The van der Waals surface area contributed by atoms with E-state index in [9.17, 15) is 18.8 Å². The number of aliphatic carboxylic acids is 1. The number of carboxylic acids is 1. The largest absolute Gasteiger partial charge is 0.598 e. The second-order valence-electron chi connectivity index (χ2n) is 6.44. The van der Waals surface area contributed by atoms with Crippen LogP contribution >= 0.6 is 0 Å². The molecule has 0 fully saturated rings. The minimum absolute atomic E-state index is 0.217. The summed E-state index contributed by atoms with van der Waals surface area (Å²) in [7, 11) is 0. The molecule has 4 nitrogen and oxygen atoms in total. The maximum atomic E-state index is 13.6. The maximum absolute atomic E-state index is 13.6. The molecule has 1 aromatic rings. The molecule has 21 heavy (non-hydrogen) atoms. The zero-order valence-electron chi connectivity index (χ0n) is 12.4. The first-order valence-electron chi connectivity index (χ1n) is 6.84. The number of nitrogens with one attached hydrogen (secondary N) is 1. The first-order valence-corrected chi connectivity index (χ1v) is 7.99. The minimum Gasteiger partial charge on any atom is -0.598 e. The van der Waals surface area contributed by atoms with E-state index in [4.69, 9.17) is 0 Å². The Morgan fingerprint density at radius 3 is 2.76 bits per heavy atom. The van der Waals surface area contributed by atoms with Gasteiger partial charge in [-0.3, -0.25) is 4.79 Å². The average molecular weight is 313 g/mol. The van der Waals surface area contributed by atoms with Crippen LogP contribution in [0.25, 0.3) is 0 Å². The molecular formula is C15H20FNO3S. The van der Waals surface area contributed by atoms with E-state index in [1.165, 1.54) is 12.1 Å². The average Bonchev–Trinajstić information content (AvgIpc) is 2.66. The molecule has 0 aliphatic heterocycles. The van der Waals surface area contributed by atoms with E-state index in [0.29, 0.717) is 18.4 Å². The third-order valence-electron chi connectivity index (χ3n) is 3.71. The van der Waals surface area contributed by atoms with Gasteiger partial charge in [-0.05, 0) is 56.9 Å². The van der Waals surface area contributed by atoms with Gasteiger partial charge in [0.1, 0.15) is 10.6 Å². The van der Waals surface area contributed by atoms with E-state index in [1.807, 2.05) is 20.8 Å². The molecule has 0 aromatic heterocycles. The molecule has 0 saturated carbocycles. The van der Waals surface area contributed by atoms with Gasteiger partial charge in [-0.2, -0.15) is 0 Å². The number of halogens is 1. The Morgan fingerprint density at radius 2 is 2.19 bits per heavy atom. The van der Waals surface area contributed by atoms with Crippen LogP contribution in [0, 0.1) is 5.82 Å². The molecule has 0 heterocycles. The summed E-state index contributed by atoms with van der Waals surface area (Å²) in [4.78, 5) is 11.3. The molecular weight excluding hydrogens is 293 g/mol. The van der Waals surface area contributed by atoms with Gasteiger partial charge < -0.3 is 9.66 Å². The lowest BCUT2D eigenvalue weighted by Gasteiger charge is -2.34. The molecule has 0 radical (unpaired) electrons. The lowest BCUT2D eigenvalue weighted by molar-refractivity contribution is -0.138. The Bertz CT molecular complexity index is 558. The van der Waals surface area contributed by atoms with Crippen LogP contribution in [0.5, 0.6) is 0 Å². The Balaban J connectivity index is 2.42. The summed E-state index contributed by atoms with van der Waals surface area (Å²) in [6.45, 7) is 5.43. The van der Waals surface area contributed by atoms with Crippen LogP contribution in [0.2, 0.25) is 0 Å². The molecule has 116 valence electrons. The molecule has 0 unspecified atom stereocenters. The number of rotatable bonds is 4. The quantitative estimate of drug-likeness (QED) is 0.838. The first kappa shape index (κ1) is 16.3. The number of fused-ring (bicyclic) bond motifs is 1. The third-order valence-corrected chi connectivity index (χ3v) is 5.39. The lowest BCUT2D eigenvalue weighted by atomic mass is 9.89.